The van der Waals surface area contributed by atoms with Crippen molar-refractivity contribution in [2.24, 2.45) is 5.92 Å². The second kappa shape index (κ2) is 5.77. The van der Waals surface area contributed by atoms with Crippen LogP contribution in [0.3, 0.4) is 0 Å². The standard InChI is InChI=1S/C12H19NO2/c1-4-7-13(8-11-5-6-11)12(14)9-15-10(2)3/h1,10-11H,5-9H2,2-3H3. The molecule has 1 aliphatic rings. The van der Waals surface area contributed by atoms with Gasteiger partial charge in [0.05, 0.1) is 12.6 Å². The van der Waals surface area contributed by atoms with Gasteiger partial charge in [0.25, 0.3) is 0 Å². The second-order valence-corrected chi connectivity index (χ2v) is 4.28. The molecule has 0 radical (unpaired) electrons. The van der Waals surface area contributed by atoms with Crippen molar-refractivity contribution < 1.29 is 9.53 Å². The average Bonchev–Trinajstić information content (AvgIpc) is 2.97. The van der Waals surface area contributed by atoms with Crippen LogP contribution in [-0.4, -0.2) is 36.6 Å². The minimum Gasteiger partial charge on any atom is -0.369 e. The summed E-state index contributed by atoms with van der Waals surface area (Å²) in [5, 5.41) is 0. The Morgan fingerprint density at radius 3 is 2.73 bits per heavy atom. The first kappa shape index (κ1) is 12.1. The van der Waals surface area contributed by atoms with Crippen LogP contribution in [0.4, 0.5) is 0 Å². The van der Waals surface area contributed by atoms with E-state index in [-0.39, 0.29) is 18.6 Å². The van der Waals surface area contributed by atoms with Gasteiger partial charge in [-0.05, 0) is 32.6 Å². The highest BCUT2D eigenvalue weighted by Crippen LogP contribution is 2.29. The summed E-state index contributed by atoms with van der Waals surface area (Å²) in [6.07, 6.45) is 7.76. The topological polar surface area (TPSA) is 29.5 Å². The SMILES string of the molecule is C#CCN(CC1CC1)C(=O)COC(C)C. The van der Waals surface area contributed by atoms with Crippen molar-refractivity contribution in [3.8, 4) is 12.3 Å². The van der Waals surface area contributed by atoms with Crippen LogP contribution in [0.25, 0.3) is 0 Å². The Labute approximate surface area is 91.8 Å². The number of amides is 1. The fourth-order valence-electron chi connectivity index (χ4n) is 1.31. The molecule has 1 rings (SSSR count). The van der Waals surface area contributed by atoms with Gasteiger partial charge >= 0.3 is 0 Å². The van der Waals surface area contributed by atoms with Gasteiger partial charge in [-0.25, -0.2) is 0 Å². The van der Waals surface area contributed by atoms with Gasteiger partial charge in [0.15, 0.2) is 0 Å². The molecule has 84 valence electrons. The van der Waals surface area contributed by atoms with Crippen LogP contribution in [-0.2, 0) is 9.53 Å². The maximum absolute atomic E-state index is 11.7. The minimum atomic E-state index is 0.00792. The van der Waals surface area contributed by atoms with Crippen LogP contribution >= 0.6 is 0 Å². The Kier molecular flexibility index (Phi) is 4.64. The number of ether oxygens (including phenoxy) is 1. The first-order valence-corrected chi connectivity index (χ1v) is 5.46. The number of carbonyl (C=O) groups is 1. The number of nitrogens with zero attached hydrogens (tertiary/aromatic N) is 1. The van der Waals surface area contributed by atoms with Gasteiger partial charge in [0, 0.05) is 6.54 Å². The van der Waals surface area contributed by atoms with Crippen LogP contribution in [0.15, 0.2) is 0 Å². The molecule has 0 atom stereocenters. The van der Waals surface area contributed by atoms with Crippen molar-refractivity contribution in [1.29, 1.82) is 0 Å². The van der Waals surface area contributed by atoms with Gasteiger partial charge in [-0.2, -0.15) is 0 Å². The smallest absolute Gasteiger partial charge is 0.249 e. The van der Waals surface area contributed by atoms with Crippen LogP contribution in [0.5, 0.6) is 0 Å². The van der Waals surface area contributed by atoms with E-state index in [9.17, 15) is 4.79 Å². The molecule has 0 unspecified atom stereocenters. The lowest BCUT2D eigenvalue weighted by molar-refractivity contribution is -0.137. The molecule has 0 aliphatic heterocycles. The van der Waals surface area contributed by atoms with Crippen LogP contribution in [0.1, 0.15) is 26.7 Å². The summed E-state index contributed by atoms with van der Waals surface area (Å²) in [6, 6.07) is 0. The number of carbonyl (C=O) groups excluding carboxylic acids is 1. The number of rotatable bonds is 6. The molecule has 0 saturated heterocycles. The van der Waals surface area contributed by atoms with E-state index in [2.05, 4.69) is 5.92 Å². The minimum absolute atomic E-state index is 0.00792. The molecule has 15 heavy (non-hydrogen) atoms. The number of terminal acetylenes is 1. The highest BCUT2D eigenvalue weighted by Gasteiger charge is 2.26. The molecule has 0 aromatic carbocycles. The summed E-state index contributed by atoms with van der Waals surface area (Å²) in [7, 11) is 0. The summed E-state index contributed by atoms with van der Waals surface area (Å²) in [4.78, 5) is 13.4. The molecule has 0 aromatic heterocycles. The Balaban J connectivity index is 2.32. The fourth-order valence-corrected chi connectivity index (χ4v) is 1.31. The largest absolute Gasteiger partial charge is 0.369 e. The van der Waals surface area contributed by atoms with Crippen molar-refractivity contribution >= 4 is 5.91 Å². The third kappa shape index (κ3) is 4.85. The Morgan fingerprint density at radius 1 is 1.60 bits per heavy atom. The van der Waals surface area contributed by atoms with E-state index in [1.165, 1.54) is 12.8 Å². The molecule has 0 bridgehead atoms. The van der Waals surface area contributed by atoms with Gasteiger partial charge in [-0.3, -0.25) is 4.79 Å². The molecule has 3 heteroatoms. The third-order valence-corrected chi connectivity index (χ3v) is 2.35. The normalized spacial score (nSPS) is 15.1. The van der Waals surface area contributed by atoms with Gasteiger partial charge in [0.1, 0.15) is 6.61 Å². The van der Waals surface area contributed by atoms with Crippen molar-refractivity contribution in [3.63, 3.8) is 0 Å². The highest BCUT2D eigenvalue weighted by molar-refractivity contribution is 5.77. The molecule has 1 amide bonds. The molecular weight excluding hydrogens is 190 g/mol. The lowest BCUT2D eigenvalue weighted by Crippen LogP contribution is -2.36. The quantitative estimate of drug-likeness (QED) is 0.617. The van der Waals surface area contributed by atoms with Gasteiger partial charge in [0.2, 0.25) is 5.91 Å². The summed E-state index contributed by atoms with van der Waals surface area (Å²) in [5.74, 6) is 3.19. The Bertz CT molecular complexity index is 251. The predicted molar refractivity (Wildman–Crippen MR) is 59.2 cm³/mol. The zero-order valence-corrected chi connectivity index (χ0v) is 9.53. The molecule has 0 heterocycles. The Morgan fingerprint density at radius 2 is 2.27 bits per heavy atom. The average molecular weight is 209 g/mol. The highest BCUT2D eigenvalue weighted by atomic mass is 16.5. The molecule has 0 aromatic rings. The van der Waals surface area contributed by atoms with E-state index < -0.39 is 0 Å². The molecule has 1 aliphatic carbocycles. The third-order valence-electron chi connectivity index (χ3n) is 2.35. The molecule has 1 saturated carbocycles. The van der Waals surface area contributed by atoms with Gasteiger partial charge < -0.3 is 9.64 Å². The van der Waals surface area contributed by atoms with Crippen molar-refractivity contribution in [3.05, 3.63) is 0 Å². The summed E-state index contributed by atoms with van der Waals surface area (Å²) < 4.78 is 5.27. The van der Waals surface area contributed by atoms with Gasteiger partial charge in [-0.15, -0.1) is 6.42 Å². The number of hydrogen-bond donors (Lipinski definition) is 0. The lowest BCUT2D eigenvalue weighted by Gasteiger charge is -2.20. The molecule has 0 N–H and O–H groups in total. The van der Waals surface area contributed by atoms with E-state index >= 15 is 0 Å². The summed E-state index contributed by atoms with van der Waals surface area (Å²) in [6.45, 7) is 5.17. The van der Waals surface area contributed by atoms with E-state index in [4.69, 9.17) is 11.2 Å². The molecule has 3 nitrogen and oxygen atoms in total. The molecule has 0 spiro atoms. The van der Waals surface area contributed by atoms with Crippen molar-refractivity contribution in [2.75, 3.05) is 19.7 Å². The number of hydrogen-bond acceptors (Lipinski definition) is 2. The fraction of sp³-hybridized carbons (Fsp3) is 0.750. The van der Waals surface area contributed by atoms with E-state index in [1.807, 2.05) is 13.8 Å². The predicted octanol–water partition coefficient (Wildman–Crippen LogP) is 1.28. The van der Waals surface area contributed by atoms with E-state index in [1.54, 1.807) is 4.90 Å². The Hall–Kier alpha value is -1.01. The van der Waals surface area contributed by atoms with Crippen LogP contribution < -0.4 is 0 Å². The zero-order valence-electron chi connectivity index (χ0n) is 9.53. The first-order chi connectivity index (χ1) is 7.13. The first-order valence-electron chi connectivity index (χ1n) is 5.46. The second-order valence-electron chi connectivity index (χ2n) is 4.28. The summed E-state index contributed by atoms with van der Waals surface area (Å²) >= 11 is 0. The summed E-state index contributed by atoms with van der Waals surface area (Å²) in [5.41, 5.74) is 0. The van der Waals surface area contributed by atoms with Crippen molar-refractivity contribution in [1.82, 2.24) is 4.90 Å². The van der Waals surface area contributed by atoms with E-state index in [0.29, 0.717) is 12.5 Å². The maximum atomic E-state index is 11.7. The molecular formula is C12H19NO2. The molecule has 1 fully saturated rings. The van der Waals surface area contributed by atoms with E-state index in [0.717, 1.165) is 6.54 Å². The van der Waals surface area contributed by atoms with Gasteiger partial charge in [-0.1, -0.05) is 5.92 Å². The lowest BCUT2D eigenvalue weighted by atomic mass is 10.3. The van der Waals surface area contributed by atoms with Crippen molar-refractivity contribution in [2.45, 2.75) is 32.8 Å². The monoisotopic (exact) mass is 209 g/mol. The van der Waals surface area contributed by atoms with Crippen LogP contribution in [0.2, 0.25) is 0 Å². The zero-order chi connectivity index (χ0) is 11.3. The maximum Gasteiger partial charge on any atom is 0.249 e. The van der Waals surface area contributed by atoms with Crippen LogP contribution in [0, 0.1) is 18.3 Å².